The zero-order valence-electron chi connectivity index (χ0n) is 9.43. The number of aromatic nitrogens is 3. The van der Waals surface area contributed by atoms with E-state index in [9.17, 15) is 4.79 Å². The summed E-state index contributed by atoms with van der Waals surface area (Å²) in [5.74, 6) is -0.897. The van der Waals surface area contributed by atoms with Gasteiger partial charge in [0.15, 0.2) is 0 Å². The van der Waals surface area contributed by atoms with Crippen LogP contribution in [-0.2, 0) is 22.5 Å². The van der Waals surface area contributed by atoms with Crippen LogP contribution in [0, 0.1) is 0 Å². The van der Waals surface area contributed by atoms with E-state index in [0.717, 1.165) is 19.4 Å². The molecule has 6 heteroatoms. The van der Waals surface area contributed by atoms with Crippen molar-refractivity contribution >= 4 is 5.97 Å². The zero-order chi connectivity index (χ0) is 11.8. The first-order chi connectivity index (χ1) is 7.72. The lowest BCUT2D eigenvalue weighted by Crippen LogP contribution is -2.07. The van der Waals surface area contributed by atoms with Crippen LogP contribution in [0.15, 0.2) is 6.20 Å². The van der Waals surface area contributed by atoms with Crippen LogP contribution in [0.25, 0.3) is 0 Å². The van der Waals surface area contributed by atoms with E-state index in [1.54, 1.807) is 10.9 Å². The van der Waals surface area contributed by atoms with Crippen molar-refractivity contribution in [2.45, 2.75) is 32.7 Å². The number of ether oxygens (including phenoxy) is 1. The molecule has 0 bridgehead atoms. The molecule has 0 spiro atoms. The minimum Gasteiger partial charge on any atom is -0.481 e. The molecule has 0 atom stereocenters. The maximum Gasteiger partial charge on any atom is 0.309 e. The highest BCUT2D eigenvalue weighted by Gasteiger charge is 2.04. The number of carboxylic acid groups (broad SMARTS) is 1. The number of carbonyl (C=O) groups is 1. The van der Waals surface area contributed by atoms with Gasteiger partial charge in [0.05, 0.1) is 25.3 Å². The van der Waals surface area contributed by atoms with Crippen molar-refractivity contribution < 1.29 is 14.6 Å². The molecule has 90 valence electrons. The standard InChI is InChI=1S/C10H17N3O3/c1-2-3-5-16-6-4-13-8-9(11-12-13)7-10(14)15/h8H,2-7H2,1H3,(H,14,15). The third kappa shape index (κ3) is 4.88. The molecule has 1 aromatic heterocycles. The molecule has 0 unspecified atom stereocenters. The second-order valence-corrected chi connectivity index (χ2v) is 3.51. The maximum atomic E-state index is 10.4. The Kier molecular flexibility index (Phi) is 5.49. The lowest BCUT2D eigenvalue weighted by Gasteiger charge is -2.02. The Labute approximate surface area is 94.2 Å². The van der Waals surface area contributed by atoms with Gasteiger partial charge in [-0.25, -0.2) is 4.68 Å². The van der Waals surface area contributed by atoms with Gasteiger partial charge in [-0.1, -0.05) is 18.6 Å². The number of rotatable bonds is 8. The summed E-state index contributed by atoms with van der Waals surface area (Å²) in [7, 11) is 0. The minimum atomic E-state index is -0.897. The quantitative estimate of drug-likeness (QED) is 0.662. The molecule has 1 rings (SSSR count). The van der Waals surface area contributed by atoms with Crippen LogP contribution in [-0.4, -0.2) is 39.3 Å². The molecule has 1 heterocycles. The normalized spacial score (nSPS) is 10.6. The van der Waals surface area contributed by atoms with Crippen LogP contribution in [0.2, 0.25) is 0 Å². The average molecular weight is 227 g/mol. The molecule has 0 aliphatic heterocycles. The van der Waals surface area contributed by atoms with Gasteiger partial charge < -0.3 is 9.84 Å². The molecule has 0 fully saturated rings. The first-order valence-electron chi connectivity index (χ1n) is 5.41. The first kappa shape index (κ1) is 12.6. The summed E-state index contributed by atoms with van der Waals surface area (Å²) in [6, 6.07) is 0. The highest BCUT2D eigenvalue weighted by molar-refractivity contribution is 5.69. The van der Waals surface area contributed by atoms with Gasteiger partial charge in [0.2, 0.25) is 0 Å². The van der Waals surface area contributed by atoms with Crippen LogP contribution in [0.3, 0.4) is 0 Å². The van der Waals surface area contributed by atoms with E-state index in [4.69, 9.17) is 9.84 Å². The summed E-state index contributed by atoms with van der Waals surface area (Å²) in [6.07, 6.45) is 3.72. The summed E-state index contributed by atoms with van der Waals surface area (Å²) in [6.45, 7) is 4.05. The molecule has 0 aliphatic carbocycles. The predicted molar refractivity (Wildman–Crippen MR) is 57.1 cm³/mol. The number of hydrogen-bond donors (Lipinski definition) is 1. The van der Waals surface area contributed by atoms with Crippen molar-refractivity contribution in [3.8, 4) is 0 Å². The van der Waals surface area contributed by atoms with Crippen molar-refractivity contribution in [2.24, 2.45) is 0 Å². The lowest BCUT2D eigenvalue weighted by atomic mass is 10.3. The third-order valence-corrected chi connectivity index (χ3v) is 2.03. The SMILES string of the molecule is CCCCOCCn1cc(CC(=O)O)nn1. The summed E-state index contributed by atoms with van der Waals surface area (Å²) in [5, 5.41) is 16.1. The molecule has 0 saturated heterocycles. The van der Waals surface area contributed by atoms with Crippen LogP contribution in [0.4, 0.5) is 0 Å². The molecule has 1 N–H and O–H groups in total. The number of aliphatic carboxylic acids is 1. The van der Waals surface area contributed by atoms with Crippen molar-refractivity contribution in [2.75, 3.05) is 13.2 Å². The van der Waals surface area contributed by atoms with Crippen LogP contribution in [0.1, 0.15) is 25.5 Å². The molecule has 1 aromatic rings. The van der Waals surface area contributed by atoms with E-state index >= 15 is 0 Å². The van der Waals surface area contributed by atoms with Gasteiger partial charge in [0, 0.05) is 12.8 Å². The van der Waals surface area contributed by atoms with Gasteiger partial charge in [0.1, 0.15) is 0 Å². The predicted octanol–water partition coefficient (Wildman–Crippen LogP) is 0.722. The Bertz CT molecular complexity index is 325. The second kappa shape index (κ2) is 6.95. The fraction of sp³-hybridized carbons (Fsp3) is 0.700. The Morgan fingerprint density at radius 1 is 1.56 bits per heavy atom. The molecule has 0 saturated carbocycles. The van der Waals surface area contributed by atoms with E-state index in [1.807, 2.05) is 0 Å². The molecular weight excluding hydrogens is 210 g/mol. The monoisotopic (exact) mass is 227 g/mol. The molecule has 0 aromatic carbocycles. The largest absolute Gasteiger partial charge is 0.481 e. The van der Waals surface area contributed by atoms with Crippen LogP contribution < -0.4 is 0 Å². The van der Waals surface area contributed by atoms with E-state index in [1.165, 1.54) is 0 Å². The van der Waals surface area contributed by atoms with Gasteiger partial charge >= 0.3 is 5.97 Å². The van der Waals surface area contributed by atoms with Gasteiger partial charge in [-0.05, 0) is 6.42 Å². The van der Waals surface area contributed by atoms with Crippen LogP contribution in [0.5, 0.6) is 0 Å². The fourth-order valence-corrected chi connectivity index (χ4v) is 1.19. The summed E-state index contributed by atoms with van der Waals surface area (Å²) >= 11 is 0. The molecule has 0 amide bonds. The molecular formula is C10H17N3O3. The summed E-state index contributed by atoms with van der Waals surface area (Å²) in [5.41, 5.74) is 0.473. The first-order valence-corrected chi connectivity index (χ1v) is 5.41. The van der Waals surface area contributed by atoms with Gasteiger partial charge in [-0.2, -0.15) is 0 Å². The Morgan fingerprint density at radius 2 is 2.38 bits per heavy atom. The molecule has 16 heavy (non-hydrogen) atoms. The Hall–Kier alpha value is -1.43. The number of unbranched alkanes of at least 4 members (excludes halogenated alkanes) is 1. The summed E-state index contributed by atoms with van der Waals surface area (Å²) in [4.78, 5) is 10.4. The van der Waals surface area contributed by atoms with Crippen molar-refractivity contribution in [3.63, 3.8) is 0 Å². The molecule has 0 aliphatic rings. The van der Waals surface area contributed by atoms with E-state index in [-0.39, 0.29) is 6.42 Å². The van der Waals surface area contributed by atoms with Crippen molar-refractivity contribution in [1.29, 1.82) is 0 Å². The van der Waals surface area contributed by atoms with Crippen molar-refractivity contribution in [3.05, 3.63) is 11.9 Å². The zero-order valence-corrected chi connectivity index (χ0v) is 9.43. The highest BCUT2D eigenvalue weighted by Crippen LogP contribution is 1.95. The smallest absolute Gasteiger partial charge is 0.309 e. The average Bonchev–Trinajstić information content (AvgIpc) is 2.64. The van der Waals surface area contributed by atoms with E-state index < -0.39 is 5.97 Å². The van der Waals surface area contributed by atoms with Crippen LogP contribution >= 0.6 is 0 Å². The lowest BCUT2D eigenvalue weighted by molar-refractivity contribution is -0.136. The van der Waals surface area contributed by atoms with E-state index in [0.29, 0.717) is 18.8 Å². The molecule has 0 radical (unpaired) electrons. The Morgan fingerprint density at radius 3 is 3.06 bits per heavy atom. The molecule has 6 nitrogen and oxygen atoms in total. The highest BCUT2D eigenvalue weighted by atomic mass is 16.5. The summed E-state index contributed by atoms with van der Waals surface area (Å²) < 4.78 is 6.96. The minimum absolute atomic E-state index is 0.0866. The van der Waals surface area contributed by atoms with Gasteiger partial charge in [-0.3, -0.25) is 4.79 Å². The Balaban J connectivity index is 2.21. The van der Waals surface area contributed by atoms with Gasteiger partial charge in [-0.15, -0.1) is 5.10 Å². The number of hydrogen-bond acceptors (Lipinski definition) is 4. The second-order valence-electron chi connectivity index (χ2n) is 3.51. The number of nitrogens with zero attached hydrogens (tertiary/aromatic N) is 3. The topological polar surface area (TPSA) is 77.2 Å². The third-order valence-electron chi connectivity index (χ3n) is 2.03. The number of carboxylic acids is 1. The fourth-order valence-electron chi connectivity index (χ4n) is 1.19. The maximum absolute atomic E-state index is 10.4. The van der Waals surface area contributed by atoms with Gasteiger partial charge in [0.25, 0.3) is 0 Å². The van der Waals surface area contributed by atoms with E-state index in [2.05, 4.69) is 17.2 Å². The van der Waals surface area contributed by atoms with Crippen molar-refractivity contribution in [1.82, 2.24) is 15.0 Å².